The van der Waals surface area contributed by atoms with E-state index >= 15 is 0 Å². The Labute approximate surface area is 147 Å². The van der Waals surface area contributed by atoms with E-state index in [1.54, 1.807) is 7.11 Å². The lowest BCUT2D eigenvalue weighted by atomic mass is 10.1. The Morgan fingerprint density at radius 2 is 2.00 bits per heavy atom. The van der Waals surface area contributed by atoms with Crippen LogP contribution in [0.4, 0.5) is 5.82 Å². The molecule has 0 bridgehead atoms. The van der Waals surface area contributed by atoms with Crippen LogP contribution in [0.1, 0.15) is 13.8 Å². The van der Waals surface area contributed by atoms with Gasteiger partial charge in [0, 0.05) is 18.7 Å². The number of hydrogen-bond donors (Lipinski definition) is 1. The first-order valence-corrected chi connectivity index (χ1v) is 8.49. The van der Waals surface area contributed by atoms with Crippen molar-refractivity contribution >= 4 is 11.5 Å². The first-order valence-electron chi connectivity index (χ1n) is 8.49. The molecule has 0 atom stereocenters. The lowest BCUT2D eigenvalue weighted by Gasteiger charge is -2.10. The van der Waals surface area contributed by atoms with Crippen molar-refractivity contribution in [3.8, 4) is 17.0 Å². The van der Waals surface area contributed by atoms with E-state index in [4.69, 9.17) is 9.47 Å². The second-order valence-corrected chi connectivity index (χ2v) is 6.23. The molecule has 0 fully saturated rings. The van der Waals surface area contributed by atoms with Crippen molar-refractivity contribution in [1.29, 1.82) is 0 Å². The van der Waals surface area contributed by atoms with Crippen molar-refractivity contribution in [2.45, 2.75) is 13.8 Å². The van der Waals surface area contributed by atoms with Gasteiger partial charge in [-0.1, -0.05) is 26.0 Å². The monoisotopic (exact) mass is 340 g/mol. The summed E-state index contributed by atoms with van der Waals surface area (Å²) < 4.78 is 12.9. The molecular formula is C19H24N4O2. The Hall–Kier alpha value is -2.60. The molecule has 6 heteroatoms. The fourth-order valence-corrected chi connectivity index (χ4v) is 2.58. The van der Waals surface area contributed by atoms with Gasteiger partial charge in [0.25, 0.3) is 0 Å². The Bertz CT molecular complexity index is 829. The van der Waals surface area contributed by atoms with Crippen LogP contribution < -0.4 is 10.1 Å². The lowest BCUT2D eigenvalue weighted by molar-refractivity contribution is 0.118. The molecule has 2 heterocycles. The van der Waals surface area contributed by atoms with Crippen LogP contribution in [0.3, 0.4) is 0 Å². The quantitative estimate of drug-likeness (QED) is 0.636. The van der Waals surface area contributed by atoms with Crippen LogP contribution in [0.25, 0.3) is 16.9 Å². The van der Waals surface area contributed by atoms with Gasteiger partial charge in [-0.3, -0.25) is 0 Å². The number of nitrogens with one attached hydrogen (secondary N) is 1. The minimum absolute atomic E-state index is 0.545. The van der Waals surface area contributed by atoms with Gasteiger partial charge < -0.3 is 14.8 Å². The Kier molecular flexibility index (Phi) is 5.50. The van der Waals surface area contributed by atoms with Crippen LogP contribution >= 0.6 is 0 Å². The van der Waals surface area contributed by atoms with Crippen LogP contribution in [-0.2, 0) is 4.74 Å². The highest BCUT2D eigenvalue weighted by Crippen LogP contribution is 2.29. The van der Waals surface area contributed by atoms with Gasteiger partial charge in [-0.2, -0.15) is 0 Å². The van der Waals surface area contributed by atoms with Gasteiger partial charge in [0.05, 0.1) is 25.6 Å². The summed E-state index contributed by atoms with van der Waals surface area (Å²) in [7, 11) is 1.67. The first kappa shape index (κ1) is 17.2. The predicted molar refractivity (Wildman–Crippen MR) is 99.1 cm³/mol. The molecule has 25 heavy (non-hydrogen) atoms. The summed E-state index contributed by atoms with van der Waals surface area (Å²) in [4.78, 5) is 4.43. The number of benzene rings is 1. The third kappa shape index (κ3) is 4.09. The second-order valence-electron chi connectivity index (χ2n) is 6.23. The number of anilines is 1. The molecule has 0 aliphatic carbocycles. The maximum Gasteiger partial charge on any atom is 0.154 e. The van der Waals surface area contributed by atoms with Crippen molar-refractivity contribution in [1.82, 2.24) is 14.6 Å². The predicted octanol–water partition coefficient (Wildman–Crippen LogP) is 3.49. The molecule has 0 unspecified atom stereocenters. The molecule has 3 rings (SSSR count). The molecule has 0 aliphatic rings. The molecular weight excluding hydrogens is 316 g/mol. The summed E-state index contributed by atoms with van der Waals surface area (Å²) in [5, 5.41) is 7.94. The smallest absolute Gasteiger partial charge is 0.154 e. The van der Waals surface area contributed by atoms with E-state index in [1.807, 2.05) is 47.1 Å². The number of methoxy groups -OCH3 is 1. The average Bonchev–Trinajstić information content (AvgIpc) is 3.04. The van der Waals surface area contributed by atoms with Gasteiger partial charge in [-0.05, 0) is 30.2 Å². The van der Waals surface area contributed by atoms with E-state index in [0.717, 1.165) is 35.1 Å². The lowest BCUT2D eigenvalue weighted by Crippen LogP contribution is -2.13. The molecule has 3 aromatic rings. The molecule has 2 aromatic heterocycles. The number of imidazole rings is 1. The van der Waals surface area contributed by atoms with E-state index < -0.39 is 0 Å². The summed E-state index contributed by atoms with van der Waals surface area (Å²) >= 11 is 0. The maximum atomic E-state index is 5.59. The zero-order valence-corrected chi connectivity index (χ0v) is 14.9. The zero-order chi connectivity index (χ0) is 17.6. The summed E-state index contributed by atoms with van der Waals surface area (Å²) in [6, 6.07) is 11.7. The van der Waals surface area contributed by atoms with Crippen LogP contribution in [0.5, 0.6) is 5.75 Å². The number of aromatic nitrogens is 3. The molecule has 0 saturated heterocycles. The summed E-state index contributed by atoms with van der Waals surface area (Å²) in [6.45, 7) is 6.42. The first-order chi connectivity index (χ1) is 12.2. The number of hydrogen-bond acceptors (Lipinski definition) is 5. The highest BCUT2D eigenvalue weighted by atomic mass is 16.5. The van der Waals surface area contributed by atoms with Crippen LogP contribution in [0, 0.1) is 5.92 Å². The molecule has 0 amide bonds. The Morgan fingerprint density at radius 3 is 2.80 bits per heavy atom. The van der Waals surface area contributed by atoms with E-state index in [9.17, 15) is 0 Å². The number of para-hydroxylation sites is 1. The molecule has 0 aliphatic heterocycles. The Balaban J connectivity index is 1.78. The third-order valence-electron chi connectivity index (χ3n) is 3.75. The Morgan fingerprint density at radius 1 is 1.16 bits per heavy atom. The average molecular weight is 340 g/mol. The van der Waals surface area contributed by atoms with Gasteiger partial charge in [0.2, 0.25) is 0 Å². The van der Waals surface area contributed by atoms with Crippen molar-refractivity contribution in [3.63, 3.8) is 0 Å². The van der Waals surface area contributed by atoms with E-state index in [2.05, 4.69) is 29.2 Å². The third-order valence-corrected chi connectivity index (χ3v) is 3.75. The van der Waals surface area contributed by atoms with Crippen molar-refractivity contribution in [2.75, 3.05) is 32.2 Å². The standard InChI is InChI=1S/C19H24N4O2/c1-14(2)13-25-11-10-20-18-8-9-19-21-12-16(23(19)22-18)15-6-4-5-7-17(15)24-3/h4-9,12,14H,10-11,13H2,1-3H3,(H,20,22). The van der Waals surface area contributed by atoms with Gasteiger partial charge >= 0.3 is 0 Å². The number of fused-ring (bicyclic) bond motifs is 1. The van der Waals surface area contributed by atoms with Crippen LogP contribution in [0.15, 0.2) is 42.6 Å². The minimum atomic E-state index is 0.545. The van der Waals surface area contributed by atoms with Crippen molar-refractivity contribution < 1.29 is 9.47 Å². The minimum Gasteiger partial charge on any atom is -0.496 e. The number of rotatable bonds is 8. The summed E-state index contributed by atoms with van der Waals surface area (Å²) in [5.41, 5.74) is 2.65. The number of ether oxygens (including phenoxy) is 2. The molecule has 0 radical (unpaired) electrons. The number of nitrogens with zero attached hydrogens (tertiary/aromatic N) is 3. The largest absolute Gasteiger partial charge is 0.496 e. The topological polar surface area (TPSA) is 60.7 Å². The van der Waals surface area contributed by atoms with Crippen molar-refractivity contribution in [3.05, 3.63) is 42.6 Å². The van der Waals surface area contributed by atoms with Crippen molar-refractivity contribution in [2.24, 2.45) is 5.92 Å². The molecule has 0 saturated carbocycles. The van der Waals surface area contributed by atoms with Gasteiger partial charge in [0.1, 0.15) is 11.6 Å². The molecule has 1 N–H and O–H groups in total. The highest BCUT2D eigenvalue weighted by Gasteiger charge is 2.12. The fourth-order valence-electron chi connectivity index (χ4n) is 2.58. The summed E-state index contributed by atoms with van der Waals surface area (Å²) in [6.07, 6.45) is 1.82. The highest BCUT2D eigenvalue weighted by molar-refractivity contribution is 5.69. The molecule has 0 spiro atoms. The molecule has 6 nitrogen and oxygen atoms in total. The SMILES string of the molecule is COc1ccccc1-c1cnc2ccc(NCCOCC(C)C)nn12. The summed E-state index contributed by atoms with van der Waals surface area (Å²) in [5.74, 6) is 2.13. The van der Waals surface area contributed by atoms with E-state index in [-0.39, 0.29) is 0 Å². The van der Waals surface area contributed by atoms with Gasteiger partial charge in [-0.25, -0.2) is 9.50 Å². The maximum absolute atomic E-state index is 5.59. The fraction of sp³-hybridized carbons (Fsp3) is 0.368. The van der Waals surface area contributed by atoms with Crippen LogP contribution in [0.2, 0.25) is 0 Å². The molecule has 1 aromatic carbocycles. The van der Waals surface area contributed by atoms with Gasteiger partial charge in [-0.15, -0.1) is 5.10 Å². The van der Waals surface area contributed by atoms with Crippen LogP contribution in [-0.4, -0.2) is 41.5 Å². The van der Waals surface area contributed by atoms with E-state index in [1.165, 1.54) is 0 Å². The zero-order valence-electron chi connectivity index (χ0n) is 14.9. The molecule has 132 valence electrons. The van der Waals surface area contributed by atoms with E-state index in [0.29, 0.717) is 19.1 Å². The normalized spacial score (nSPS) is 11.2. The second kappa shape index (κ2) is 7.98. The van der Waals surface area contributed by atoms with Gasteiger partial charge in [0.15, 0.2) is 5.65 Å².